The highest BCUT2D eigenvalue weighted by molar-refractivity contribution is 9.10. The number of amides is 1. The summed E-state index contributed by atoms with van der Waals surface area (Å²) in [7, 11) is 0. The highest BCUT2D eigenvalue weighted by Gasteiger charge is 2.49. The van der Waals surface area contributed by atoms with Gasteiger partial charge in [0.05, 0.1) is 5.41 Å². The number of esters is 1. The molecule has 1 atom stereocenters. The van der Waals surface area contributed by atoms with Crippen molar-refractivity contribution in [2.45, 2.75) is 45.6 Å². The molecule has 0 heterocycles. The summed E-state index contributed by atoms with van der Waals surface area (Å²) in [6.07, 6.45) is 0. The van der Waals surface area contributed by atoms with Gasteiger partial charge in [-0.2, -0.15) is 0 Å². The molecule has 0 fully saturated rings. The molecule has 2 rings (SSSR count). The fourth-order valence-corrected chi connectivity index (χ4v) is 3.27. The summed E-state index contributed by atoms with van der Waals surface area (Å²) >= 11 is 3.31. The number of halogens is 1. The lowest BCUT2D eigenvalue weighted by atomic mass is 9.66. The van der Waals surface area contributed by atoms with Gasteiger partial charge in [-0.05, 0) is 52.3 Å². The van der Waals surface area contributed by atoms with Gasteiger partial charge in [0.15, 0.2) is 17.5 Å². The van der Waals surface area contributed by atoms with E-state index in [1.807, 2.05) is 0 Å². The van der Waals surface area contributed by atoms with Gasteiger partial charge in [0.1, 0.15) is 12.1 Å². The van der Waals surface area contributed by atoms with Crippen molar-refractivity contribution in [1.29, 1.82) is 0 Å². The molecule has 1 aromatic carbocycles. The smallest absolute Gasteiger partial charge is 0.325 e. The second-order valence-electron chi connectivity index (χ2n) is 7.78. The van der Waals surface area contributed by atoms with E-state index < -0.39 is 46.9 Å². The maximum atomic E-state index is 12.8. The lowest BCUT2D eigenvalue weighted by Gasteiger charge is -2.34. The quantitative estimate of drug-likeness (QED) is 0.595. The maximum absolute atomic E-state index is 12.8. The van der Waals surface area contributed by atoms with E-state index in [9.17, 15) is 19.2 Å². The number of rotatable bonds is 3. The molecule has 1 N–H and O–H groups in total. The van der Waals surface area contributed by atoms with Crippen LogP contribution in [0.25, 0.3) is 0 Å². The number of carbonyl (C=O) groups is 4. The van der Waals surface area contributed by atoms with Gasteiger partial charge in [-0.25, -0.2) is 0 Å². The average Bonchev–Trinajstić information content (AvgIpc) is 2.49. The van der Waals surface area contributed by atoms with Gasteiger partial charge < -0.3 is 10.1 Å². The van der Waals surface area contributed by atoms with Crippen molar-refractivity contribution in [3.63, 3.8) is 0 Å². The first-order valence-electron chi connectivity index (χ1n) is 8.22. The predicted octanol–water partition coefficient (Wildman–Crippen LogP) is 2.57. The van der Waals surface area contributed by atoms with Crippen molar-refractivity contribution in [2.75, 3.05) is 6.54 Å². The summed E-state index contributed by atoms with van der Waals surface area (Å²) in [4.78, 5) is 49.8. The first-order chi connectivity index (χ1) is 11.8. The number of nitrogens with one attached hydrogen (secondary N) is 1. The van der Waals surface area contributed by atoms with Crippen LogP contribution in [0.4, 0.5) is 0 Å². The van der Waals surface area contributed by atoms with Crippen molar-refractivity contribution >= 4 is 39.4 Å². The van der Waals surface area contributed by atoms with Crippen LogP contribution in [0.2, 0.25) is 0 Å². The SMILES string of the molecule is CC(C)(C)OC(=O)CNC(=O)C1C(=O)c2cc(Br)ccc2C(C)(C)C1=O. The van der Waals surface area contributed by atoms with Crippen LogP contribution in [0.1, 0.15) is 50.5 Å². The van der Waals surface area contributed by atoms with Crippen molar-refractivity contribution in [3.05, 3.63) is 33.8 Å². The Labute approximate surface area is 160 Å². The van der Waals surface area contributed by atoms with Crippen LogP contribution < -0.4 is 5.32 Å². The topological polar surface area (TPSA) is 89.5 Å². The summed E-state index contributed by atoms with van der Waals surface area (Å²) in [5.41, 5.74) is -0.753. The highest BCUT2D eigenvalue weighted by atomic mass is 79.9. The van der Waals surface area contributed by atoms with Gasteiger partial charge in [-0.15, -0.1) is 0 Å². The number of fused-ring (bicyclic) bond motifs is 1. The molecule has 0 aromatic heterocycles. The van der Waals surface area contributed by atoms with Gasteiger partial charge in [-0.3, -0.25) is 19.2 Å². The largest absolute Gasteiger partial charge is 0.459 e. The minimum absolute atomic E-state index is 0.335. The van der Waals surface area contributed by atoms with Crippen LogP contribution in [0.3, 0.4) is 0 Å². The molecule has 1 aliphatic carbocycles. The second-order valence-corrected chi connectivity index (χ2v) is 8.70. The van der Waals surface area contributed by atoms with Gasteiger partial charge in [-0.1, -0.05) is 22.0 Å². The molecule has 1 aromatic rings. The second kappa shape index (κ2) is 6.95. The molecule has 6 nitrogen and oxygen atoms in total. The summed E-state index contributed by atoms with van der Waals surface area (Å²) < 4.78 is 5.80. The summed E-state index contributed by atoms with van der Waals surface area (Å²) in [5, 5.41) is 2.35. The number of carbonyl (C=O) groups excluding carboxylic acids is 4. The van der Waals surface area contributed by atoms with Gasteiger partial charge in [0, 0.05) is 10.0 Å². The van der Waals surface area contributed by atoms with E-state index in [1.54, 1.807) is 52.8 Å². The van der Waals surface area contributed by atoms with Crippen molar-refractivity contribution in [2.24, 2.45) is 5.92 Å². The molecule has 140 valence electrons. The Morgan fingerprint density at radius 2 is 1.85 bits per heavy atom. The average molecular weight is 424 g/mol. The Morgan fingerprint density at radius 1 is 1.23 bits per heavy atom. The number of ether oxygens (including phenoxy) is 1. The summed E-state index contributed by atoms with van der Waals surface area (Å²) in [6, 6.07) is 5.08. The lowest BCUT2D eigenvalue weighted by molar-refractivity contribution is -0.155. The molecule has 0 radical (unpaired) electrons. The van der Waals surface area contributed by atoms with Crippen molar-refractivity contribution in [3.8, 4) is 0 Å². The molecular weight excluding hydrogens is 402 g/mol. The summed E-state index contributed by atoms with van der Waals surface area (Å²) in [6.45, 7) is 8.08. The zero-order valence-corrected chi connectivity index (χ0v) is 17.0. The number of benzene rings is 1. The molecule has 0 aliphatic heterocycles. The molecule has 0 saturated carbocycles. The first kappa shape index (κ1) is 20.3. The fraction of sp³-hybridized carbons (Fsp3) is 0.474. The van der Waals surface area contributed by atoms with Crippen molar-refractivity contribution < 1.29 is 23.9 Å². The molecule has 7 heteroatoms. The Bertz CT molecular complexity index is 792. The van der Waals surface area contributed by atoms with Gasteiger partial charge in [0.25, 0.3) is 0 Å². The number of Topliss-reactive ketones (excluding diaryl/α,β-unsaturated/α-hetero) is 2. The molecule has 0 bridgehead atoms. The third-order valence-corrected chi connectivity index (χ3v) is 4.64. The fourth-order valence-electron chi connectivity index (χ4n) is 2.91. The molecule has 0 saturated heterocycles. The standard InChI is InChI=1S/C19H22BrNO5/c1-18(2,3)26-13(22)9-21-17(25)14-15(23)11-8-10(20)6-7-12(11)19(4,5)16(14)24/h6-8,14H,9H2,1-5H3,(H,21,25). The summed E-state index contributed by atoms with van der Waals surface area (Å²) in [5.74, 6) is -3.95. The Balaban J connectivity index is 2.24. The normalized spacial score (nSPS) is 18.9. The Hall–Kier alpha value is -2.02. The number of hydrogen-bond acceptors (Lipinski definition) is 5. The molecule has 26 heavy (non-hydrogen) atoms. The third-order valence-electron chi connectivity index (χ3n) is 4.15. The predicted molar refractivity (Wildman–Crippen MR) is 98.9 cm³/mol. The van der Waals surface area contributed by atoms with E-state index >= 15 is 0 Å². The first-order valence-corrected chi connectivity index (χ1v) is 9.02. The van der Waals surface area contributed by atoms with Crippen LogP contribution in [-0.4, -0.2) is 35.6 Å². The van der Waals surface area contributed by atoms with Crippen molar-refractivity contribution in [1.82, 2.24) is 5.32 Å². The number of ketones is 2. The molecular formula is C19H22BrNO5. The molecule has 1 unspecified atom stereocenters. The van der Waals surface area contributed by atoms with E-state index in [0.717, 1.165) is 0 Å². The van der Waals surface area contributed by atoms with Gasteiger partial charge in [0.2, 0.25) is 5.91 Å². The van der Waals surface area contributed by atoms with E-state index in [2.05, 4.69) is 21.2 Å². The minimum Gasteiger partial charge on any atom is -0.459 e. The van der Waals surface area contributed by atoms with Crippen LogP contribution >= 0.6 is 15.9 Å². The highest BCUT2D eigenvalue weighted by Crippen LogP contribution is 2.38. The molecule has 0 spiro atoms. The zero-order chi connectivity index (χ0) is 19.9. The zero-order valence-electron chi connectivity index (χ0n) is 15.4. The number of hydrogen-bond donors (Lipinski definition) is 1. The molecule has 1 amide bonds. The minimum atomic E-state index is -1.48. The van der Waals surface area contributed by atoms with Crippen LogP contribution in [0.5, 0.6) is 0 Å². The van der Waals surface area contributed by atoms with Crippen LogP contribution in [-0.2, 0) is 24.5 Å². The lowest BCUT2D eigenvalue weighted by Crippen LogP contribution is -2.51. The maximum Gasteiger partial charge on any atom is 0.325 e. The van der Waals surface area contributed by atoms with Gasteiger partial charge >= 0.3 is 5.97 Å². The van der Waals surface area contributed by atoms with E-state index in [1.165, 1.54) is 0 Å². The third kappa shape index (κ3) is 4.03. The van der Waals surface area contributed by atoms with Crippen LogP contribution in [0.15, 0.2) is 22.7 Å². The molecule has 1 aliphatic rings. The van der Waals surface area contributed by atoms with E-state index in [4.69, 9.17) is 4.74 Å². The Kier molecular flexibility index (Phi) is 5.42. The van der Waals surface area contributed by atoms with Crippen LogP contribution in [0, 0.1) is 5.92 Å². The van der Waals surface area contributed by atoms with E-state index in [-0.39, 0.29) is 0 Å². The van der Waals surface area contributed by atoms with E-state index in [0.29, 0.717) is 15.6 Å². The monoisotopic (exact) mass is 423 g/mol. The Morgan fingerprint density at radius 3 is 2.42 bits per heavy atom.